The summed E-state index contributed by atoms with van der Waals surface area (Å²) in [7, 11) is 0. The molecule has 0 atom stereocenters. The molecule has 2 rings (SSSR count). The van der Waals surface area contributed by atoms with E-state index in [4.69, 9.17) is 10.00 Å². The van der Waals surface area contributed by atoms with Crippen molar-refractivity contribution in [3.05, 3.63) is 65.2 Å². The number of carbonyl (C=O) groups is 2. The van der Waals surface area contributed by atoms with Gasteiger partial charge in [-0.25, -0.2) is 13.6 Å². The summed E-state index contributed by atoms with van der Waals surface area (Å²) in [4.78, 5) is 25.6. The number of nitrogens with zero attached hydrogens (tertiary/aromatic N) is 2. The number of benzene rings is 2. The Kier molecular flexibility index (Phi) is 6.39. The molecule has 0 unspecified atom stereocenters. The van der Waals surface area contributed by atoms with Gasteiger partial charge in [0.2, 0.25) is 0 Å². The number of rotatable bonds is 6. The second kappa shape index (κ2) is 8.72. The maximum atomic E-state index is 13.6. The molecule has 0 aliphatic carbocycles. The lowest BCUT2D eigenvalue weighted by molar-refractivity contribution is -0.121. The van der Waals surface area contributed by atoms with Crippen LogP contribution < -0.4 is 4.90 Å². The maximum absolute atomic E-state index is 13.6. The number of anilines is 1. The molecule has 5 nitrogen and oxygen atoms in total. The molecular weight excluding hydrogens is 342 g/mol. The third-order valence-electron chi connectivity index (χ3n) is 3.57. The first-order valence-corrected chi connectivity index (χ1v) is 7.78. The number of carbonyl (C=O) groups excluding carboxylic acids is 2. The van der Waals surface area contributed by atoms with E-state index in [0.29, 0.717) is 11.8 Å². The fourth-order valence-corrected chi connectivity index (χ4v) is 2.22. The molecule has 0 aliphatic heterocycles. The number of amides is 1. The summed E-state index contributed by atoms with van der Waals surface area (Å²) in [6.07, 6.45) is 0.0974. The normalized spacial score (nSPS) is 10.1. The van der Waals surface area contributed by atoms with Crippen LogP contribution >= 0.6 is 0 Å². The largest absolute Gasteiger partial charge is 0.452 e. The van der Waals surface area contributed by atoms with Gasteiger partial charge in [0.25, 0.3) is 5.91 Å². The van der Waals surface area contributed by atoms with E-state index in [1.807, 2.05) is 25.1 Å². The summed E-state index contributed by atoms with van der Waals surface area (Å²) in [5.41, 5.74) is 1.10. The molecule has 26 heavy (non-hydrogen) atoms. The van der Waals surface area contributed by atoms with Crippen LogP contribution in [0, 0.1) is 29.9 Å². The molecule has 0 saturated heterocycles. The van der Waals surface area contributed by atoms with Crippen molar-refractivity contribution < 1.29 is 23.1 Å². The fourth-order valence-electron chi connectivity index (χ4n) is 2.22. The number of nitriles is 1. The van der Waals surface area contributed by atoms with Gasteiger partial charge in [0.15, 0.2) is 6.61 Å². The van der Waals surface area contributed by atoms with Crippen molar-refractivity contribution in [2.75, 3.05) is 18.1 Å². The SMILES string of the molecule is Cc1ccc(N(CCC#N)C(=O)COC(=O)c2ccc(F)cc2F)cc1. The monoisotopic (exact) mass is 358 g/mol. The summed E-state index contributed by atoms with van der Waals surface area (Å²) in [6, 6.07) is 11.4. The van der Waals surface area contributed by atoms with E-state index < -0.39 is 35.7 Å². The Bertz CT molecular complexity index is 845. The minimum atomic E-state index is -1.07. The molecule has 0 heterocycles. The number of ether oxygens (including phenoxy) is 1. The van der Waals surface area contributed by atoms with E-state index in [1.165, 1.54) is 4.90 Å². The molecule has 0 aromatic heterocycles. The zero-order valence-corrected chi connectivity index (χ0v) is 14.0. The van der Waals surface area contributed by atoms with Crippen LogP contribution in [-0.2, 0) is 9.53 Å². The number of hydrogen-bond acceptors (Lipinski definition) is 4. The average Bonchev–Trinajstić information content (AvgIpc) is 2.61. The van der Waals surface area contributed by atoms with Crippen LogP contribution in [0.25, 0.3) is 0 Å². The van der Waals surface area contributed by atoms with E-state index in [0.717, 1.165) is 17.7 Å². The summed E-state index contributed by atoms with van der Waals surface area (Å²) in [5.74, 6) is -3.51. The van der Waals surface area contributed by atoms with Gasteiger partial charge in [-0.15, -0.1) is 0 Å². The Morgan fingerprint density at radius 3 is 2.46 bits per heavy atom. The van der Waals surface area contributed by atoms with Crippen molar-refractivity contribution in [1.82, 2.24) is 0 Å². The van der Waals surface area contributed by atoms with Crippen LogP contribution in [0.1, 0.15) is 22.3 Å². The van der Waals surface area contributed by atoms with Crippen molar-refractivity contribution >= 4 is 17.6 Å². The third kappa shape index (κ3) is 4.86. The molecule has 2 aromatic carbocycles. The second-order valence-corrected chi connectivity index (χ2v) is 5.49. The van der Waals surface area contributed by atoms with Gasteiger partial charge in [0.1, 0.15) is 11.6 Å². The highest BCUT2D eigenvalue weighted by molar-refractivity contribution is 5.97. The van der Waals surface area contributed by atoms with Crippen molar-refractivity contribution in [3.63, 3.8) is 0 Å². The first kappa shape index (κ1) is 19.1. The molecule has 1 amide bonds. The van der Waals surface area contributed by atoms with Gasteiger partial charge >= 0.3 is 5.97 Å². The lowest BCUT2D eigenvalue weighted by Gasteiger charge is -2.21. The highest BCUT2D eigenvalue weighted by Gasteiger charge is 2.20. The molecular formula is C19H16F2N2O3. The lowest BCUT2D eigenvalue weighted by atomic mass is 10.2. The van der Waals surface area contributed by atoms with Crippen LogP contribution in [0.15, 0.2) is 42.5 Å². The topological polar surface area (TPSA) is 70.4 Å². The molecule has 0 radical (unpaired) electrons. The molecule has 2 aromatic rings. The minimum Gasteiger partial charge on any atom is -0.452 e. The number of aryl methyl sites for hydroxylation is 1. The molecule has 0 aliphatic rings. The minimum absolute atomic E-state index is 0.0974. The smallest absolute Gasteiger partial charge is 0.341 e. The van der Waals surface area contributed by atoms with E-state index >= 15 is 0 Å². The number of hydrogen-bond donors (Lipinski definition) is 0. The molecule has 7 heteroatoms. The molecule has 0 bridgehead atoms. The zero-order valence-electron chi connectivity index (χ0n) is 14.0. The predicted octanol–water partition coefficient (Wildman–Crippen LogP) is 3.38. The van der Waals surface area contributed by atoms with E-state index in [9.17, 15) is 18.4 Å². The van der Waals surface area contributed by atoms with Gasteiger partial charge in [-0.3, -0.25) is 4.79 Å². The van der Waals surface area contributed by atoms with Gasteiger partial charge in [-0.1, -0.05) is 17.7 Å². The highest BCUT2D eigenvalue weighted by Crippen LogP contribution is 2.16. The van der Waals surface area contributed by atoms with Gasteiger partial charge in [0, 0.05) is 18.3 Å². The van der Waals surface area contributed by atoms with Gasteiger partial charge < -0.3 is 9.64 Å². The van der Waals surface area contributed by atoms with Crippen molar-refractivity contribution in [3.8, 4) is 6.07 Å². The van der Waals surface area contributed by atoms with E-state index in [2.05, 4.69) is 0 Å². The Morgan fingerprint density at radius 1 is 1.15 bits per heavy atom. The zero-order chi connectivity index (χ0) is 19.1. The summed E-state index contributed by atoms with van der Waals surface area (Å²) in [6.45, 7) is 1.39. The van der Waals surface area contributed by atoms with Crippen LogP contribution in [0.5, 0.6) is 0 Å². The summed E-state index contributed by atoms with van der Waals surface area (Å²) < 4.78 is 31.3. The highest BCUT2D eigenvalue weighted by atomic mass is 19.1. The molecule has 0 fully saturated rings. The number of halogens is 2. The molecule has 0 spiro atoms. The van der Waals surface area contributed by atoms with Crippen molar-refractivity contribution in [1.29, 1.82) is 5.26 Å². The molecule has 0 N–H and O–H groups in total. The van der Waals surface area contributed by atoms with Gasteiger partial charge in [0.05, 0.1) is 18.1 Å². The van der Waals surface area contributed by atoms with Gasteiger partial charge in [-0.2, -0.15) is 5.26 Å². The molecule has 134 valence electrons. The Morgan fingerprint density at radius 2 is 1.85 bits per heavy atom. The Hall–Kier alpha value is -3.27. The van der Waals surface area contributed by atoms with Crippen LogP contribution in [0.3, 0.4) is 0 Å². The summed E-state index contributed by atoms with van der Waals surface area (Å²) in [5, 5.41) is 8.76. The molecule has 0 saturated carbocycles. The number of esters is 1. The third-order valence-corrected chi connectivity index (χ3v) is 3.57. The lowest BCUT2D eigenvalue weighted by Crippen LogP contribution is -2.35. The fraction of sp³-hybridized carbons (Fsp3) is 0.211. The van der Waals surface area contributed by atoms with Gasteiger partial charge in [-0.05, 0) is 31.2 Å². The maximum Gasteiger partial charge on any atom is 0.341 e. The van der Waals surface area contributed by atoms with Crippen molar-refractivity contribution in [2.45, 2.75) is 13.3 Å². The summed E-state index contributed by atoms with van der Waals surface area (Å²) >= 11 is 0. The first-order valence-electron chi connectivity index (χ1n) is 7.78. The van der Waals surface area contributed by atoms with E-state index in [-0.39, 0.29) is 13.0 Å². The van der Waals surface area contributed by atoms with Crippen LogP contribution in [0.4, 0.5) is 14.5 Å². The quantitative estimate of drug-likeness (QED) is 0.742. The predicted molar refractivity (Wildman–Crippen MR) is 90.4 cm³/mol. The standard InChI is InChI=1S/C19H16F2N2O3/c1-13-3-6-15(7-4-13)23(10-2-9-22)18(24)12-26-19(25)16-8-5-14(20)11-17(16)21/h3-8,11H,2,10,12H2,1H3. The Labute approximate surface area is 149 Å². The second-order valence-electron chi connectivity index (χ2n) is 5.49. The average molecular weight is 358 g/mol. The van der Waals surface area contributed by atoms with Crippen LogP contribution in [0.2, 0.25) is 0 Å². The van der Waals surface area contributed by atoms with Crippen molar-refractivity contribution in [2.24, 2.45) is 0 Å². The Balaban J connectivity index is 2.07. The van der Waals surface area contributed by atoms with Crippen LogP contribution in [-0.4, -0.2) is 25.0 Å². The van der Waals surface area contributed by atoms with E-state index in [1.54, 1.807) is 12.1 Å². The first-order chi connectivity index (χ1) is 12.4.